The lowest BCUT2D eigenvalue weighted by molar-refractivity contribution is -0.129. The molecular weight excluding hydrogens is 342 g/mol. The first-order valence-corrected chi connectivity index (χ1v) is 8.92. The highest BCUT2D eigenvalue weighted by atomic mass is 16.6. The van der Waals surface area contributed by atoms with Crippen LogP contribution in [0.3, 0.4) is 0 Å². The van der Waals surface area contributed by atoms with Crippen molar-refractivity contribution in [3.63, 3.8) is 0 Å². The van der Waals surface area contributed by atoms with Gasteiger partial charge in [-0.25, -0.2) is 0 Å². The normalized spacial score (nSPS) is 11.7. The van der Waals surface area contributed by atoms with E-state index in [-0.39, 0.29) is 6.61 Å². The lowest BCUT2D eigenvalue weighted by Gasteiger charge is -2.32. The SMILES string of the molecule is C=CCC(COCc1ccccc1)(COCc1ccccc1)OCC=NO. The minimum Gasteiger partial charge on any atom is -0.411 e. The summed E-state index contributed by atoms with van der Waals surface area (Å²) in [6.07, 6.45) is 3.63. The van der Waals surface area contributed by atoms with Crippen molar-refractivity contribution in [2.24, 2.45) is 5.16 Å². The molecule has 0 aromatic heterocycles. The third-order valence-electron chi connectivity index (χ3n) is 4.02. The zero-order chi connectivity index (χ0) is 19.2. The van der Waals surface area contributed by atoms with Crippen molar-refractivity contribution in [3.8, 4) is 0 Å². The van der Waals surface area contributed by atoms with Gasteiger partial charge >= 0.3 is 0 Å². The van der Waals surface area contributed by atoms with Gasteiger partial charge in [0.25, 0.3) is 0 Å². The Morgan fingerprint density at radius 2 is 1.41 bits per heavy atom. The van der Waals surface area contributed by atoms with Crippen LogP contribution in [0.25, 0.3) is 0 Å². The fourth-order valence-corrected chi connectivity index (χ4v) is 2.67. The van der Waals surface area contributed by atoms with Crippen molar-refractivity contribution in [3.05, 3.63) is 84.4 Å². The molecule has 0 spiro atoms. The Labute approximate surface area is 160 Å². The van der Waals surface area contributed by atoms with E-state index in [9.17, 15) is 0 Å². The summed E-state index contributed by atoms with van der Waals surface area (Å²) in [5.41, 5.74) is 1.48. The molecule has 2 aromatic carbocycles. The molecule has 0 saturated heterocycles. The molecule has 0 aliphatic carbocycles. The molecule has 0 heterocycles. The lowest BCUT2D eigenvalue weighted by Crippen LogP contribution is -2.43. The van der Waals surface area contributed by atoms with Crippen molar-refractivity contribution in [1.29, 1.82) is 0 Å². The van der Waals surface area contributed by atoms with Crippen molar-refractivity contribution < 1.29 is 19.4 Å². The van der Waals surface area contributed by atoms with E-state index in [1.54, 1.807) is 6.08 Å². The fourth-order valence-electron chi connectivity index (χ4n) is 2.67. The van der Waals surface area contributed by atoms with Crippen molar-refractivity contribution in [2.75, 3.05) is 19.8 Å². The second kappa shape index (κ2) is 12.0. The minimum absolute atomic E-state index is 0.160. The third-order valence-corrected chi connectivity index (χ3v) is 4.02. The summed E-state index contributed by atoms with van der Waals surface area (Å²) in [6.45, 7) is 5.63. The Bertz CT molecular complexity index is 628. The molecule has 144 valence electrons. The molecule has 0 aliphatic heterocycles. The molecule has 0 amide bonds. The van der Waals surface area contributed by atoms with Gasteiger partial charge in [-0.1, -0.05) is 71.9 Å². The Hall–Kier alpha value is -2.47. The summed E-state index contributed by atoms with van der Waals surface area (Å²) in [6, 6.07) is 19.9. The number of rotatable bonds is 13. The van der Waals surface area contributed by atoms with Crippen LogP contribution in [0.5, 0.6) is 0 Å². The van der Waals surface area contributed by atoms with Crippen LogP contribution in [-0.4, -0.2) is 36.8 Å². The van der Waals surface area contributed by atoms with E-state index >= 15 is 0 Å². The number of oxime groups is 1. The lowest BCUT2D eigenvalue weighted by atomic mass is 10.0. The Balaban J connectivity index is 1.96. The molecule has 0 aliphatic rings. The van der Waals surface area contributed by atoms with E-state index in [4.69, 9.17) is 19.4 Å². The number of hydrogen-bond donors (Lipinski definition) is 1. The molecule has 5 nitrogen and oxygen atoms in total. The number of benzene rings is 2. The van der Waals surface area contributed by atoms with Crippen LogP contribution in [0.2, 0.25) is 0 Å². The van der Waals surface area contributed by atoms with Gasteiger partial charge in [0.2, 0.25) is 0 Å². The van der Waals surface area contributed by atoms with Gasteiger partial charge in [-0.15, -0.1) is 6.58 Å². The van der Waals surface area contributed by atoms with Gasteiger partial charge in [-0.05, 0) is 17.5 Å². The first-order valence-electron chi connectivity index (χ1n) is 8.92. The largest absolute Gasteiger partial charge is 0.411 e. The Morgan fingerprint density at radius 1 is 0.889 bits per heavy atom. The number of ether oxygens (including phenoxy) is 3. The third kappa shape index (κ3) is 7.74. The summed E-state index contributed by atoms with van der Waals surface area (Å²) >= 11 is 0. The second-order valence-corrected chi connectivity index (χ2v) is 6.24. The molecule has 0 radical (unpaired) electrons. The van der Waals surface area contributed by atoms with Crippen LogP contribution >= 0.6 is 0 Å². The summed E-state index contributed by atoms with van der Waals surface area (Å²) in [7, 11) is 0. The highest BCUT2D eigenvalue weighted by Gasteiger charge is 2.31. The summed E-state index contributed by atoms with van der Waals surface area (Å²) in [5.74, 6) is 0. The maximum Gasteiger partial charge on any atom is 0.119 e. The van der Waals surface area contributed by atoms with Crippen LogP contribution in [0.15, 0.2) is 78.5 Å². The maximum absolute atomic E-state index is 8.65. The first-order chi connectivity index (χ1) is 13.3. The van der Waals surface area contributed by atoms with Gasteiger partial charge in [-0.2, -0.15) is 0 Å². The predicted octanol–water partition coefficient (Wildman–Crippen LogP) is 4.21. The fraction of sp³-hybridized carbons (Fsp3) is 0.318. The molecule has 2 rings (SSSR count). The molecular formula is C22H27NO4. The van der Waals surface area contributed by atoms with E-state index < -0.39 is 5.60 Å². The van der Waals surface area contributed by atoms with Crippen LogP contribution in [0.4, 0.5) is 0 Å². The van der Waals surface area contributed by atoms with Crippen LogP contribution < -0.4 is 0 Å². The van der Waals surface area contributed by atoms with E-state index in [0.29, 0.717) is 32.8 Å². The van der Waals surface area contributed by atoms with Gasteiger partial charge in [0.1, 0.15) is 5.60 Å². The van der Waals surface area contributed by atoms with Crippen LogP contribution in [-0.2, 0) is 27.4 Å². The molecule has 0 atom stereocenters. The van der Waals surface area contributed by atoms with E-state index in [1.165, 1.54) is 6.21 Å². The van der Waals surface area contributed by atoms with E-state index in [1.807, 2.05) is 60.7 Å². The smallest absolute Gasteiger partial charge is 0.119 e. The average Bonchev–Trinajstić information content (AvgIpc) is 2.70. The summed E-state index contributed by atoms with van der Waals surface area (Å²) < 4.78 is 17.8. The second-order valence-electron chi connectivity index (χ2n) is 6.24. The molecule has 2 aromatic rings. The molecule has 0 fully saturated rings. The molecule has 5 heteroatoms. The molecule has 0 saturated carbocycles. The van der Waals surface area contributed by atoms with Gasteiger partial charge in [0.15, 0.2) is 0 Å². The van der Waals surface area contributed by atoms with Crippen molar-refractivity contribution >= 4 is 6.21 Å². The van der Waals surface area contributed by atoms with E-state index in [0.717, 1.165) is 11.1 Å². The van der Waals surface area contributed by atoms with Crippen LogP contribution in [0.1, 0.15) is 17.5 Å². The number of hydrogen-bond acceptors (Lipinski definition) is 5. The zero-order valence-electron chi connectivity index (χ0n) is 15.5. The van der Waals surface area contributed by atoms with Crippen molar-refractivity contribution in [1.82, 2.24) is 0 Å². The monoisotopic (exact) mass is 369 g/mol. The quantitative estimate of drug-likeness (QED) is 0.249. The van der Waals surface area contributed by atoms with Gasteiger partial charge in [-0.3, -0.25) is 0 Å². The molecule has 0 bridgehead atoms. The summed E-state index contributed by atoms with van der Waals surface area (Å²) in [5, 5.41) is 11.6. The summed E-state index contributed by atoms with van der Waals surface area (Å²) in [4.78, 5) is 0. The maximum atomic E-state index is 8.65. The Morgan fingerprint density at radius 3 is 1.85 bits per heavy atom. The van der Waals surface area contributed by atoms with Gasteiger partial charge in [0, 0.05) is 0 Å². The average molecular weight is 369 g/mol. The molecule has 0 unspecified atom stereocenters. The zero-order valence-corrected chi connectivity index (χ0v) is 15.5. The standard InChI is InChI=1S/C22H27NO4/c1-2-13-22(27-15-14-23-24,18-25-16-20-9-5-3-6-10-20)19-26-17-21-11-7-4-8-12-21/h2-12,14,24H,1,13,15-19H2. The van der Waals surface area contributed by atoms with Crippen LogP contribution in [0, 0.1) is 0 Å². The van der Waals surface area contributed by atoms with Gasteiger partial charge < -0.3 is 19.4 Å². The topological polar surface area (TPSA) is 60.3 Å². The first kappa shape index (κ1) is 20.8. The minimum atomic E-state index is -0.702. The predicted molar refractivity (Wildman–Crippen MR) is 106 cm³/mol. The highest BCUT2D eigenvalue weighted by Crippen LogP contribution is 2.20. The number of nitrogens with zero attached hydrogens (tertiary/aromatic N) is 1. The van der Waals surface area contributed by atoms with Gasteiger partial charge in [0.05, 0.1) is 39.2 Å². The van der Waals surface area contributed by atoms with E-state index in [2.05, 4.69) is 11.7 Å². The molecule has 27 heavy (non-hydrogen) atoms. The molecule has 1 N–H and O–H groups in total. The Kier molecular flexibility index (Phi) is 9.27. The highest BCUT2D eigenvalue weighted by molar-refractivity contribution is 5.57. The van der Waals surface area contributed by atoms with Crippen molar-refractivity contribution in [2.45, 2.75) is 25.2 Å².